The second-order valence-corrected chi connectivity index (χ2v) is 7.82. The molecular weight excluding hydrogens is 272 g/mol. The first-order valence-corrected chi connectivity index (χ1v) is 8.55. The van der Waals surface area contributed by atoms with Crippen molar-refractivity contribution in [2.24, 2.45) is 0 Å². The van der Waals surface area contributed by atoms with Crippen LogP contribution in [0.15, 0.2) is 5.38 Å². The van der Waals surface area contributed by atoms with Gasteiger partial charge in [0.1, 0.15) is 0 Å². The zero-order valence-corrected chi connectivity index (χ0v) is 11.8. The molecule has 0 bridgehead atoms. The van der Waals surface area contributed by atoms with Gasteiger partial charge in [-0.2, -0.15) is 0 Å². The highest BCUT2D eigenvalue weighted by atomic mass is 32.2. The van der Waals surface area contributed by atoms with E-state index in [9.17, 15) is 13.2 Å². The molecule has 1 aromatic rings. The molecule has 1 unspecified atom stereocenters. The van der Waals surface area contributed by atoms with Crippen LogP contribution in [0.3, 0.4) is 0 Å². The number of nitrogens with one attached hydrogen (secondary N) is 1. The van der Waals surface area contributed by atoms with Crippen molar-refractivity contribution in [1.82, 2.24) is 10.3 Å². The van der Waals surface area contributed by atoms with E-state index in [4.69, 9.17) is 0 Å². The van der Waals surface area contributed by atoms with Gasteiger partial charge in [0.25, 0.3) is 0 Å². The van der Waals surface area contributed by atoms with Crippen LogP contribution < -0.4 is 5.32 Å². The molecule has 0 aromatic carbocycles. The van der Waals surface area contributed by atoms with Crippen molar-refractivity contribution in [3.05, 3.63) is 16.1 Å². The van der Waals surface area contributed by atoms with E-state index in [1.807, 2.05) is 12.3 Å². The zero-order chi connectivity index (χ0) is 13.2. The molecule has 0 spiro atoms. The molecule has 1 atom stereocenters. The third kappa shape index (κ3) is 3.78. The Morgan fingerprint density at radius 3 is 2.94 bits per heavy atom. The van der Waals surface area contributed by atoms with E-state index >= 15 is 0 Å². The lowest BCUT2D eigenvalue weighted by molar-refractivity contribution is -0.121. The van der Waals surface area contributed by atoms with E-state index in [0.717, 1.165) is 10.7 Å². The lowest BCUT2D eigenvalue weighted by atomic mass is 10.2. The van der Waals surface area contributed by atoms with Gasteiger partial charge in [0, 0.05) is 17.8 Å². The quantitative estimate of drug-likeness (QED) is 0.884. The fraction of sp³-hybridized carbons (Fsp3) is 0.636. The van der Waals surface area contributed by atoms with Crippen molar-refractivity contribution in [3.8, 4) is 0 Å². The summed E-state index contributed by atoms with van der Waals surface area (Å²) in [6.45, 7) is 1.93. The molecule has 1 aromatic heterocycles. The number of rotatable bonds is 4. The number of sulfone groups is 1. The SMILES string of the molecule is Cc1nc(CCC(=O)NC2CCS(=O)(=O)C2)cs1. The van der Waals surface area contributed by atoms with E-state index in [1.165, 1.54) is 0 Å². The Balaban J connectivity index is 1.76. The van der Waals surface area contributed by atoms with Crippen LogP contribution in [-0.4, -0.2) is 36.9 Å². The van der Waals surface area contributed by atoms with E-state index < -0.39 is 9.84 Å². The average molecular weight is 288 g/mol. The maximum Gasteiger partial charge on any atom is 0.220 e. The van der Waals surface area contributed by atoms with E-state index in [0.29, 0.717) is 19.3 Å². The molecule has 100 valence electrons. The average Bonchev–Trinajstić information content (AvgIpc) is 2.82. The topological polar surface area (TPSA) is 76.1 Å². The summed E-state index contributed by atoms with van der Waals surface area (Å²) in [5.41, 5.74) is 0.923. The predicted molar refractivity (Wildman–Crippen MR) is 70.4 cm³/mol. The Morgan fingerprint density at radius 2 is 2.39 bits per heavy atom. The first-order chi connectivity index (χ1) is 8.44. The maximum atomic E-state index is 11.7. The van der Waals surface area contributed by atoms with Crippen LogP contribution in [0.5, 0.6) is 0 Å². The number of thiazole rings is 1. The van der Waals surface area contributed by atoms with Crippen LogP contribution in [0.4, 0.5) is 0 Å². The Morgan fingerprint density at radius 1 is 1.61 bits per heavy atom. The van der Waals surface area contributed by atoms with Crippen molar-refractivity contribution in [2.75, 3.05) is 11.5 Å². The van der Waals surface area contributed by atoms with Crippen LogP contribution >= 0.6 is 11.3 Å². The standard InChI is InChI=1S/C11H16N2O3S2/c1-8-12-9(6-17-8)2-3-11(14)13-10-4-5-18(15,16)7-10/h6,10H,2-5,7H2,1H3,(H,13,14). The fourth-order valence-corrected chi connectivity index (χ4v) is 4.29. The molecule has 1 fully saturated rings. The minimum atomic E-state index is -2.93. The first-order valence-electron chi connectivity index (χ1n) is 5.85. The Labute approximate surface area is 111 Å². The Bertz CT molecular complexity index is 536. The van der Waals surface area contributed by atoms with Crippen molar-refractivity contribution >= 4 is 27.1 Å². The minimum absolute atomic E-state index is 0.0779. The van der Waals surface area contributed by atoms with E-state index in [1.54, 1.807) is 11.3 Å². The third-order valence-corrected chi connectivity index (χ3v) is 5.46. The molecule has 1 aliphatic heterocycles. The number of carbonyl (C=O) groups excluding carboxylic acids is 1. The van der Waals surface area contributed by atoms with Crippen molar-refractivity contribution in [3.63, 3.8) is 0 Å². The molecule has 18 heavy (non-hydrogen) atoms. The summed E-state index contributed by atoms with van der Waals surface area (Å²) in [6.07, 6.45) is 1.50. The van der Waals surface area contributed by atoms with Gasteiger partial charge in [0.15, 0.2) is 9.84 Å². The summed E-state index contributed by atoms with van der Waals surface area (Å²) in [5.74, 6) is 0.167. The van der Waals surface area contributed by atoms with Crippen LogP contribution in [-0.2, 0) is 21.1 Å². The zero-order valence-electron chi connectivity index (χ0n) is 10.2. The predicted octanol–water partition coefficient (Wildman–Crippen LogP) is 0.687. The third-order valence-electron chi connectivity index (χ3n) is 2.87. The summed E-state index contributed by atoms with van der Waals surface area (Å²) in [7, 11) is -2.93. The number of hydrogen-bond donors (Lipinski definition) is 1. The summed E-state index contributed by atoms with van der Waals surface area (Å²) >= 11 is 1.57. The highest BCUT2D eigenvalue weighted by Crippen LogP contribution is 2.12. The van der Waals surface area contributed by atoms with Crippen molar-refractivity contribution in [2.45, 2.75) is 32.2 Å². The number of nitrogens with zero attached hydrogens (tertiary/aromatic N) is 1. The van der Waals surface area contributed by atoms with Gasteiger partial charge in [0.05, 0.1) is 22.2 Å². The Kier molecular flexibility index (Phi) is 4.01. The van der Waals surface area contributed by atoms with Gasteiger partial charge < -0.3 is 5.32 Å². The highest BCUT2D eigenvalue weighted by molar-refractivity contribution is 7.91. The van der Waals surface area contributed by atoms with Gasteiger partial charge in [-0.1, -0.05) is 0 Å². The number of aryl methyl sites for hydroxylation is 2. The van der Waals surface area contributed by atoms with Gasteiger partial charge in [-0.05, 0) is 19.8 Å². The van der Waals surface area contributed by atoms with E-state index in [-0.39, 0.29) is 23.5 Å². The summed E-state index contributed by atoms with van der Waals surface area (Å²) in [5, 5.41) is 5.71. The van der Waals surface area contributed by atoms with Gasteiger partial charge in [-0.25, -0.2) is 13.4 Å². The minimum Gasteiger partial charge on any atom is -0.352 e. The first kappa shape index (κ1) is 13.5. The highest BCUT2D eigenvalue weighted by Gasteiger charge is 2.28. The number of hydrogen-bond acceptors (Lipinski definition) is 5. The second kappa shape index (κ2) is 5.36. The summed E-state index contributed by atoms with van der Waals surface area (Å²) in [4.78, 5) is 15.9. The van der Waals surface area contributed by atoms with Gasteiger partial charge >= 0.3 is 0 Å². The number of carbonyl (C=O) groups is 1. The smallest absolute Gasteiger partial charge is 0.220 e. The van der Waals surface area contributed by atoms with E-state index in [2.05, 4.69) is 10.3 Å². The number of amides is 1. The molecule has 2 rings (SSSR count). The van der Waals surface area contributed by atoms with Gasteiger partial charge in [0.2, 0.25) is 5.91 Å². The maximum absolute atomic E-state index is 11.7. The molecule has 1 aliphatic rings. The molecule has 0 aliphatic carbocycles. The van der Waals surface area contributed by atoms with Crippen LogP contribution in [0, 0.1) is 6.92 Å². The molecule has 5 nitrogen and oxygen atoms in total. The molecule has 1 N–H and O–H groups in total. The van der Waals surface area contributed by atoms with Crippen molar-refractivity contribution in [1.29, 1.82) is 0 Å². The summed E-state index contributed by atoms with van der Waals surface area (Å²) < 4.78 is 22.5. The monoisotopic (exact) mass is 288 g/mol. The lowest BCUT2D eigenvalue weighted by Crippen LogP contribution is -2.35. The largest absolute Gasteiger partial charge is 0.352 e. The molecule has 7 heteroatoms. The van der Waals surface area contributed by atoms with Gasteiger partial charge in [-0.15, -0.1) is 11.3 Å². The van der Waals surface area contributed by atoms with Crippen LogP contribution in [0.2, 0.25) is 0 Å². The van der Waals surface area contributed by atoms with Gasteiger partial charge in [-0.3, -0.25) is 4.79 Å². The molecule has 1 saturated heterocycles. The van der Waals surface area contributed by atoms with Crippen molar-refractivity contribution < 1.29 is 13.2 Å². The van der Waals surface area contributed by atoms with Crippen LogP contribution in [0.1, 0.15) is 23.5 Å². The molecule has 2 heterocycles. The second-order valence-electron chi connectivity index (χ2n) is 4.53. The number of aromatic nitrogens is 1. The molecule has 1 amide bonds. The summed E-state index contributed by atoms with van der Waals surface area (Å²) in [6, 6.07) is -0.209. The normalized spacial score (nSPS) is 21.9. The molecular formula is C11H16N2O3S2. The molecule has 0 radical (unpaired) electrons. The van der Waals surface area contributed by atoms with Crippen LogP contribution in [0.25, 0.3) is 0 Å². The molecule has 0 saturated carbocycles. The fourth-order valence-electron chi connectivity index (χ4n) is 1.97. The Hall–Kier alpha value is -0.950. The lowest BCUT2D eigenvalue weighted by Gasteiger charge is -2.09.